The van der Waals surface area contributed by atoms with Gasteiger partial charge in [-0.1, -0.05) is 59.8 Å². The molecule has 0 spiro atoms. The lowest BCUT2D eigenvalue weighted by Gasteiger charge is -2.26. The summed E-state index contributed by atoms with van der Waals surface area (Å²) in [6, 6.07) is 14.8. The maximum atomic E-state index is 13.0. The van der Waals surface area contributed by atoms with Crippen LogP contribution in [0.2, 0.25) is 0 Å². The highest BCUT2D eigenvalue weighted by atomic mass is 16.4. The van der Waals surface area contributed by atoms with Crippen molar-refractivity contribution >= 4 is 17.5 Å². The SMILES string of the molecule is NC(=NO)c1ccc(C(N)C(=O)[C@@H]2CCCN2C(=O)Cc2ccccc2)cc1. The fraction of sp³-hybridized carbons (Fsp3) is 0.286. The van der Waals surface area contributed by atoms with Gasteiger partial charge in [-0.15, -0.1) is 0 Å². The minimum Gasteiger partial charge on any atom is -0.409 e. The average molecular weight is 380 g/mol. The Balaban J connectivity index is 1.70. The minimum atomic E-state index is -0.837. The van der Waals surface area contributed by atoms with Crippen molar-refractivity contribution < 1.29 is 14.8 Å². The van der Waals surface area contributed by atoms with Crippen molar-refractivity contribution in [2.75, 3.05) is 6.54 Å². The fourth-order valence-corrected chi connectivity index (χ4v) is 3.52. The number of oxime groups is 1. The summed E-state index contributed by atoms with van der Waals surface area (Å²) in [5, 5.41) is 11.7. The molecule has 7 heteroatoms. The van der Waals surface area contributed by atoms with Crippen LogP contribution in [0.4, 0.5) is 0 Å². The predicted molar refractivity (Wildman–Crippen MR) is 106 cm³/mol. The Labute approximate surface area is 163 Å². The Bertz CT molecular complexity index is 865. The van der Waals surface area contributed by atoms with Crippen molar-refractivity contribution in [1.29, 1.82) is 0 Å². The Kier molecular flexibility index (Phi) is 6.06. The zero-order valence-corrected chi connectivity index (χ0v) is 15.5. The third kappa shape index (κ3) is 4.20. The van der Waals surface area contributed by atoms with E-state index in [4.69, 9.17) is 16.7 Å². The number of hydrogen-bond acceptors (Lipinski definition) is 5. The second-order valence-electron chi connectivity index (χ2n) is 6.89. The first-order valence-corrected chi connectivity index (χ1v) is 9.22. The first-order valence-electron chi connectivity index (χ1n) is 9.22. The Morgan fingerprint density at radius 2 is 1.82 bits per heavy atom. The summed E-state index contributed by atoms with van der Waals surface area (Å²) in [6.45, 7) is 0.567. The number of rotatable bonds is 6. The Hall–Kier alpha value is -3.19. The van der Waals surface area contributed by atoms with E-state index >= 15 is 0 Å². The third-order valence-electron chi connectivity index (χ3n) is 5.08. The van der Waals surface area contributed by atoms with Gasteiger partial charge in [0.2, 0.25) is 5.91 Å². The molecule has 0 radical (unpaired) electrons. The molecule has 146 valence electrons. The van der Waals surface area contributed by atoms with Gasteiger partial charge in [-0.05, 0) is 24.0 Å². The first-order chi connectivity index (χ1) is 13.5. The molecule has 2 aromatic carbocycles. The molecular weight excluding hydrogens is 356 g/mol. The van der Waals surface area contributed by atoms with Crippen LogP contribution in [0.1, 0.15) is 35.6 Å². The molecular formula is C21H24N4O3. The molecule has 28 heavy (non-hydrogen) atoms. The van der Waals surface area contributed by atoms with E-state index in [1.54, 1.807) is 29.2 Å². The van der Waals surface area contributed by atoms with Gasteiger partial charge in [0.25, 0.3) is 0 Å². The van der Waals surface area contributed by atoms with Crippen molar-refractivity contribution in [3.8, 4) is 0 Å². The molecule has 0 saturated carbocycles. The molecule has 1 amide bonds. The molecule has 1 saturated heterocycles. The quantitative estimate of drug-likeness (QED) is 0.304. The molecule has 3 rings (SSSR count). The fourth-order valence-electron chi connectivity index (χ4n) is 3.52. The summed E-state index contributed by atoms with van der Waals surface area (Å²) in [5.41, 5.74) is 13.8. The number of nitrogens with two attached hydrogens (primary N) is 2. The monoisotopic (exact) mass is 380 g/mol. The van der Waals surface area contributed by atoms with Gasteiger partial charge in [-0.2, -0.15) is 0 Å². The van der Waals surface area contributed by atoms with Crippen LogP contribution in [0, 0.1) is 0 Å². The number of benzene rings is 2. The van der Waals surface area contributed by atoms with Crippen LogP contribution in [-0.4, -0.2) is 40.2 Å². The molecule has 1 heterocycles. The maximum Gasteiger partial charge on any atom is 0.227 e. The Morgan fingerprint density at radius 3 is 2.46 bits per heavy atom. The van der Waals surface area contributed by atoms with Gasteiger partial charge in [-0.3, -0.25) is 9.59 Å². The lowest BCUT2D eigenvalue weighted by Crippen LogP contribution is -2.44. The highest BCUT2D eigenvalue weighted by Crippen LogP contribution is 2.24. The molecule has 1 unspecified atom stereocenters. The van der Waals surface area contributed by atoms with Crippen LogP contribution in [0.15, 0.2) is 59.8 Å². The highest BCUT2D eigenvalue weighted by Gasteiger charge is 2.36. The van der Waals surface area contributed by atoms with Gasteiger partial charge < -0.3 is 21.6 Å². The van der Waals surface area contributed by atoms with Gasteiger partial charge in [0.15, 0.2) is 11.6 Å². The lowest BCUT2D eigenvalue weighted by atomic mass is 9.96. The average Bonchev–Trinajstić information content (AvgIpc) is 3.23. The summed E-state index contributed by atoms with van der Waals surface area (Å²) >= 11 is 0. The summed E-state index contributed by atoms with van der Waals surface area (Å²) in [4.78, 5) is 27.4. The molecule has 1 aliphatic heterocycles. The van der Waals surface area contributed by atoms with Crippen LogP contribution in [0.25, 0.3) is 0 Å². The number of nitrogens with zero attached hydrogens (tertiary/aromatic N) is 2. The largest absolute Gasteiger partial charge is 0.409 e. The van der Waals surface area contributed by atoms with Gasteiger partial charge in [0.1, 0.15) is 0 Å². The van der Waals surface area contributed by atoms with Gasteiger partial charge in [0, 0.05) is 12.1 Å². The van der Waals surface area contributed by atoms with Crippen molar-refractivity contribution in [3.05, 3.63) is 71.3 Å². The van der Waals surface area contributed by atoms with Crippen molar-refractivity contribution in [2.45, 2.75) is 31.3 Å². The maximum absolute atomic E-state index is 13.0. The second-order valence-corrected chi connectivity index (χ2v) is 6.89. The zero-order valence-electron chi connectivity index (χ0n) is 15.5. The van der Waals surface area contributed by atoms with Crippen LogP contribution >= 0.6 is 0 Å². The number of hydrogen-bond donors (Lipinski definition) is 3. The van der Waals surface area contributed by atoms with E-state index in [0.717, 1.165) is 12.0 Å². The number of ketones is 1. The second kappa shape index (κ2) is 8.67. The number of amidine groups is 1. The number of likely N-dealkylation sites (tertiary alicyclic amines) is 1. The molecule has 1 fully saturated rings. The van der Waals surface area contributed by atoms with Crippen LogP contribution < -0.4 is 11.5 Å². The number of amides is 1. The summed E-state index contributed by atoms with van der Waals surface area (Å²) in [6.07, 6.45) is 1.68. The van der Waals surface area contributed by atoms with Gasteiger partial charge in [0.05, 0.1) is 18.5 Å². The van der Waals surface area contributed by atoms with E-state index in [2.05, 4.69) is 5.16 Å². The zero-order chi connectivity index (χ0) is 20.1. The molecule has 2 aromatic rings. The standard InChI is InChI=1S/C21H24N4O3/c22-19(15-8-10-16(11-9-15)21(23)24-28)20(27)17-7-4-12-25(17)18(26)13-14-5-2-1-3-6-14/h1-3,5-6,8-11,17,19,28H,4,7,12-13,22H2,(H2,23,24)/t17-,19?/m0/s1. The number of carbonyl (C=O) groups is 2. The molecule has 2 atom stereocenters. The number of Topliss-reactive ketones (excluding diaryl/α,β-unsaturated/α-hetero) is 1. The van der Waals surface area contributed by atoms with E-state index in [0.29, 0.717) is 24.1 Å². The van der Waals surface area contributed by atoms with Gasteiger partial charge >= 0.3 is 0 Å². The van der Waals surface area contributed by atoms with Crippen LogP contribution in [-0.2, 0) is 16.0 Å². The van der Waals surface area contributed by atoms with E-state index in [9.17, 15) is 9.59 Å². The Morgan fingerprint density at radius 1 is 1.14 bits per heavy atom. The van der Waals surface area contributed by atoms with E-state index in [1.807, 2.05) is 30.3 Å². The van der Waals surface area contributed by atoms with E-state index < -0.39 is 12.1 Å². The minimum absolute atomic E-state index is 0.0140. The molecule has 5 N–H and O–H groups in total. The van der Waals surface area contributed by atoms with Crippen molar-refractivity contribution in [2.24, 2.45) is 16.6 Å². The topological polar surface area (TPSA) is 122 Å². The molecule has 0 bridgehead atoms. The summed E-state index contributed by atoms with van der Waals surface area (Å²) in [7, 11) is 0. The first kappa shape index (κ1) is 19.6. The number of carbonyl (C=O) groups excluding carboxylic acids is 2. The molecule has 1 aliphatic rings. The van der Waals surface area contributed by atoms with E-state index in [-0.39, 0.29) is 23.9 Å². The summed E-state index contributed by atoms with van der Waals surface area (Å²) < 4.78 is 0. The highest BCUT2D eigenvalue weighted by molar-refractivity contribution is 5.97. The smallest absolute Gasteiger partial charge is 0.227 e. The predicted octanol–water partition coefficient (Wildman–Crippen LogP) is 1.58. The van der Waals surface area contributed by atoms with E-state index in [1.165, 1.54) is 0 Å². The van der Waals surface area contributed by atoms with Gasteiger partial charge in [-0.25, -0.2) is 0 Å². The normalized spacial score (nSPS) is 18.1. The molecule has 7 nitrogen and oxygen atoms in total. The third-order valence-corrected chi connectivity index (χ3v) is 5.08. The lowest BCUT2D eigenvalue weighted by molar-refractivity contribution is -0.137. The molecule has 0 aromatic heterocycles. The van der Waals surface area contributed by atoms with Crippen molar-refractivity contribution in [1.82, 2.24) is 4.90 Å². The summed E-state index contributed by atoms with van der Waals surface area (Å²) in [5.74, 6) is -0.244. The van der Waals surface area contributed by atoms with Crippen LogP contribution in [0.5, 0.6) is 0 Å². The van der Waals surface area contributed by atoms with Crippen LogP contribution in [0.3, 0.4) is 0 Å². The van der Waals surface area contributed by atoms with Crippen molar-refractivity contribution in [3.63, 3.8) is 0 Å². The molecule has 0 aliphatic carbocycles.